The molecule has 0 aromatic heterocycles. The molecule has 0 nitrogen and oxygen atoms in total. The van der Waals surface area contributed by atoms with E-state index in [4.69, 9.17) is 0 Å². The molecule has 4 aliphatic carbocycles. The van der Waals surface area contributed by atoms with E-state index in [0.717, 1.165) is 107 Å². The van der Waals surface area contributed by atoms with Crippen LogP contribution in [0.25, 0.3) is 0 Å². The molecule has 18 unspecified atom stereocenters. The Labute approximate surface area is 227 Å². The monoisotopic (exact) mass is 499 g/mol. The summed E-state index contributed by atoms with van der Waals surface area (Å²) in [6, 6.07) is 0. The van der Waals surface area contributed by atoms with Gasteiger partial charge in [-0.2, -0.15) is 0 Å². The summed E-state index contributed by atoms with van der Waals surface area (Å²) in [6.45, 7) is 42.4. The Morgan fingerprint density at radius 3 is 0.694 bits per heavy atom. The molecule has 4 rings (SSSR count). The van der Waals surface area contributed by atoms with E-state index in [1.165, 1.54) is 0 Å². The van der Waals surface area contributed by atoms with Gasteiger partial charge in [-0.05, 0) is 117 Å². The zero-order chi connectivity index (χ0) is 27.4. The van der Waals surface area contributed by atoms with Crippen LogP contribution in [0.4, 0.5) is 0 Å². The highest BCUT2D eigenvalue weighted by Gasteiger charge is 2.66. The third-order valence-corrected chi connectivity index (χ3v) is 16.5. The largest absolute Gasteiger partial charge is 0.0620 e. The van der Waals surface area contributed by atoms with E-state index in [-0.39, 0.29) is 0 Å². The normalized spacial score (nSPS) is 58.0. The standard InChI is InChI=1S/C36H66/c1-17-19(3)23(7)31-29(21(17)5)25(9)27(11)33(31)35(13,14)36(15,16)34-28(12)26(10)30-22(6)18(2)20(4)24(8)32(30)34/h17-34H,1-16H3. The van der Waals surface area contributed by atoms with Crippen LogP contribution in [0.15, 0.2) is 0 Å². The molecule has 210 valence electrons. The minimum Gasteiger partial charge on any atom is -0.0620 e. The molecule has 0 heteroatoms. The van der Waals surface area contributed by atoms with Crippen molar-refractivity contribution in [3.63, 3.8) is 0 Å². The lowest BCUT2D eigenvalue weighted by atomic mass is 9.46. The number of hydrogen-bond acceptors (Lipinski definition) is 0. The lowest BCUT2D eigenvalue weighted by molar-refractivity contribution is -0.112. The maximum atomic E-state index is 2.75. The Hall–Kier alpha value is 0. The van der Waals surface area contributed by atoms with Gasteiger partial charge in [-0.15, -0.1) is 0 Å². The second-order valence-electron chi connectivity index (χ2n) is 17.1. The SMILES string of the molecule is CC1C(C)C(C)C2C(C1C)C(C)C(C)C2C(C)(C)C(C)(C)C1C(C)C(C)C2C(C)C(C)C(C)C(C)C21. The first kappa shape index (κ1) is 29.0. The van der Waals surface area contributed by atoms with Gasteiger partial charge >= 0.3 is 0 Å². The first-order valence-corrected chi connectivity index (χ1v) is 16.4. The van der Waals surface area contributed by atoms with E-state index in [1.807, 2.05) is 0 Å². The second-order valence-corrected chi connectivity index (χ2v) is 17.1. The summed E-state index contributed by atoms with van der Waals surface area (Å²) in [5.74, 6) is 15.4. The van der Waals surface area contributed by atoms with Crippen LogP contribution in [0.2, 0.25) is 0 Å². The highest BCUT2D eigenvalue weighted by Crippen LogP contribution is 2.71. The zero-order valence-electron chi connectivity index (χ0n) is 27.4. The Morgan fingerprint density at radius 2 is 0.444 bits per heavy atom. The van der Waals surface area contributed by atoms with Gasteiger partial charge < -0.3 is 0 Å². The average Bonchev–Trinajstić information content (AvgIpc) is 3.24. The van der Waals surface area contributed by atoms with E-state index in [0.29, 0.717) is 10.8 Å². The zero-order valence-corrected chi connectivity index (χ0v) is 27.4. The highest BCUT2D eigenvalue weighted by molar-refractivity contribution is 5.13. The van der Waals surface area contributed by atoms with Crippen molar-refractivity contribution in [2.45, 2.75) is 111 Å². The van der Waals surface area contributed by atoms with Crippen LogP contribution in [0.5, 0.6) is 0 Å². The third kappa shape index (κ3) is 3.63. The molecule has 0 radical (unpaired) electrons. The number of fused-ring (bicyclic) bond motifs is 2. The maximum Gasteiger partial charge on any atom is -0.0266 e. The molecule has 0 aromatic rings. The molecule has 0 N–H and O–H groups in total. The third-order valence-electron chi connectivity index (χ3n) is 16.5. The van der Waals surface area contributed by atoms with Gasteiger partial charge in [-0.25, -0.2) is 0 Å². The predicted octanol–water partition coefficient (Wildman–Crippen LogP) is 10.4. The van der Waals surface area contributed by atoms with Gasteiger partial charge in [0, 0.05) is 0 Å². The van der Waals surface area contributed by atoms with Gasteiger partial charge in [-0.1, -0.05) is 111 Å². The van der Waals surface area contributed by atoms with Gasteiger partial charge in [0.25, 0.3) is 0 Å². The van der Waals surface area contributed by atoms with Crippen LogP contribution in [0, 0.1) is 117 Å². The van der Waals surface area contributed by atoms with Crippen LogP contribution in [0.1, 0.15) is 111 Å². The molecule has 0 spiro atoms. The minimum absolute atomic E-state index is 0.331. The van der Waals surface area contributed by atoms with Gasteiger partial charge in [0.2, 0.25) is 0 Å². The van der Waals surface area contributed by atoms with Crippen molar-refractivity contribution in [3.8, 4) is 0 Å². The topological polar surface area (TPSA) is 0 Å². The van der Waals surface area contributed by atoms with Crippen LogP contribution in [-0.4, -0.2) is 0 Å². The minimum atomic E-state index is 0.331. The number of hydrogen-bond donors (Lipinski definition) is 0. The summed E-state index contributed by atoms with van der Waals surface area (Å²) >= 11 is 0. The van der Waals surface area contributed by atoms with Crippen LogP contribution in [0.3, 0.4) is 0 Å². The number of rotatable bonds is 3. The van der Waals surface area contributed by atoms with E-state index < -0.39 is 0 Å². The van der Waals surface area contributed by atoms with Crippen molar-refractivity contribution in [2.75, 3.05) is 0 Å². The average molecular weight is 499 g/mol. The van der Waals surface area contributed by atoms with Crippen molar-refractivity contribution < 1.29 is 0 Å². The van der Waals surface area contributed by atoms with Gasteiger partial charge in [0.05, 0.1) is 0 Å². The van der Waals surface area contributed by atoms with Crippen molar-refractivity contribution in [3.05, 3.63) is 0 Å². The summed E-state index contributed by atoms with van der Waals surface area (Å²) in [5, 5.41) is 0. The van der Waals surface area contributed by atoms with Crippen molar-refractivity contribution in [1.82, 2.24) is 0 Å². The van der Waals surface area contributed by atoms with E-state index in [2.05, 4.69) is 111 Å². The molecule has 36 heavy (non-hydrogen) atoms. The molecule has 0 heterocycles. The van der Waals surface area contributed by atoms with Crippen LogP contribution >= 0.6 is 0 Å². The molecule has 4 fully saturated rings. The van der Waals surface area contributed by atoms with Gasteiger partial charge in [0.1, 0.15) is 0 Å². The summed E-state index contributed by atoms with van der Waals surface area (Å²) in [5.41, 5.74) is 0.661. The fraction of sp³-hybridized carbons (Fsp3) is 1.00. The molecule has 4 aliphatic rings. The van der Waals surface area contributed by atoms with E-state index in [9.17, 15) is 0 Å². The molecule has 0 aliphatic heterocycles. The second kappa shape index (κ2) is 9.29. The fourth-order valence-corrected chi connectivity index (χ4v) is 12.7. The Morgan fingerprint density at radius 1 is 0.250 bits per heavy atom. The lowest BCUT2D eigenvalue weighted by Crippen LogP contribution is -2.54. The quantitative estimate of drug-likeness (QED) is 0.363. The Kier molecular flexibility index (Phi) is 7.48. The maximum absolute atomic E-state index is 2.75. The summed E-state index contributed by atoms with van der Waals surface area (Å²) in [6.07, 6.45) is 0. The lowest BCUT2D eigenvalue weighted by Gasteiger charge is -2.59. The Bertz CT molecular complexity index is 724. The van der Waals surface area contributed by atoms with E-state index >= 15 is 0 Å². The van der Waals surface area contributed by atoms with Gasteiger partial charge in [-0.3, -0.25) is 0 Å². The summed E-state index contributed by atoms with van der Waals surface area (Å²) < 4.78 is 0. The molecular formula is C36H66. The molecule has 18 atom stereocenters. The summed E-state index contributed by atoms with van der Waals surface area (Å²) in [4.78, 5) is 0. The Balaban J connectivity index is 1.77. The van der Waals surface area contributed by atoms with Crippen LogP contribution in [-0.2, 0) is 0 Å². The highest BCUT2D eigenvalue weighted by atomic mass is 14.7. The first-order chi connectivity index (χ1) is 16.4. The van der Waals surface area contributed by atoms with Crippen molar-refractivity contribution in [2.24, 2.45) is 117 Å². The van der Waals surface area contributed by atoms with E-state index in [1.54, 1.807) is 0 Å². The van der Waals surface area contributed by atoms with Gasteiger partial charge in [0.15, 0.2) is 0 Å². The molecule has 4 saturated carbocycles. The molecule has 0 saturated heterocycles. The first-order valence-electron chi connectivity index (χ1n) is 16.4. The molecule has 0 aromatic carbocycles. The fourth-order valence-electron chi connectivity index (χ4n) is 12.7. The molecule has 0 bridgehead atoms. The van der Waals surface area contributed by atoms with Crippen LogP contribution < -0.4 is 0 Å². The van der Waals surface area contributed by atoms with Crippen molar-refractivity contribution >= 4 is 0 Å². The van der Waals surface area contributed by atoms with Crippen molar-refractivity contribution in [1.29, 1.82) is 0 Å². The smallest absolute Gasteiger partial charge is 0.0266 e. The predicted molar refractivity (Wildman–Crippen MR) is 158 cm³/mol. The molecular weight excluding hydrogens is 432 g/mol. The summed E-state index contributed by atoms with van der Waals surface area (Å²) in [7, 11) is 0. The molecule has 0 amide bonds.